The van der Waals surface area contributed by atoms with Gasteiger partial charge in [0.15, 0.2) is 0 Å². The number of benzene rings is 1. The summed E-state index contributed by atoms with van der Waals surface area (Å²) in [5.74, 6) is 0. The quantitative estimate of drug-likeness (QED) is 0.693. The molecule has 70 valence electrons. The van der Waals surface area contributed by atoms with Gasteiger partial charge in [0.2, 0.25) is 6.41 Å². The fourth-order valence-corrected chi connectivity index (χ4v) is 1.32. The van der Waals surface area contributed by atoms with Crippen molar-refractivity contribution in [3.05, 3.63) is 40.7 Å². The average Bonchev–Trinajstić information content (AvgIpc) is 2.19. The smallest absolute Gasteiger partial charge is 0.272 e. The van der Waals surface area contributed by atoms with Crippen LogP contribution in [-0.2, 0) is 4.79 Å². The van der Waals surface area contributed by atoms with E-state index >= 15 is 0 Å². The molecule has 2 rings (SSSR count). The van der Waals surface area contributed by atoms with E-state index in [1.165, 1.54) is 0 Å². The molecule has 1 heterocycles. The van der Waals surface area contributed by atoms with Gasteiger partial charge < -0.3 is 10.3 Å². The Morgan fingerprint density at radius 3 is 2.86 bits per heavy atom. The van der Waals surface area contributed by atoms with Gasteiger partial charge in [-0.2, -0.15) is 0 Å². The number of aromatic nitrogens is 1. The summed E-state index contributed by atoms with van der Waals surface area (Å²) in [4.78, 5) is 24.2. The van der Waals surface area contributed by atoms with Crippen LogP contribution in [0, 0.1) is 0 Å². The summed E-state index contributed by atoms with van der Waals surface area (Å²) in [6.07, 6.45) is 0.485. The highest BCUT2D eigenvalue weighted by Crippen LogP contribution is 2.11. The lowest BCUT2D eigenvalue weighted by molar-refractivity contribution is -0.105. The number of pyridine rings is 1. The summed E-state index contributed by atoms with van der Waals surface area (Å²) in [5.41, 5.74) is 0.725. The van der Waals surface area contributed by atoms with E-state index in [2.05, 4.69) is 10.3 Å². The summed E-state index contributed by atoms with van der Waals surface area (Å²) >= 11 is 0. The molecule has 0 unspecified atom stereocenters. The van der Waals surface area contributed by atoms with Crippen LogP contribution >= 0.6 is 0 Å². The number of H-pyrrole nitrogens is 1. The van der Waals surface area contributed by atoms with E-state index in [9.17, 15) is 9.59 Å². The van der Waals surface area contributed by atoms with Crippen LogP contribution in [0.4, 0.5) is 5.69 Å². The molecule has 0 aliphatic heterocycles. The molecule has 1 aromatic heterocycles. The second kappa shape index (κ2) is 3.33. The number of anilines is 1. The maximum absolute atomic E-state index is 11.3. The fraction of sp³-hybridized carbons (Fsp3) is 0. The third kappa shape index (κ3) is 1.37. The number of para-hydroxylation sites is 1. The number of hydrogen-bond acceptors (Lipinski definition) is 2. The van der Waals surface area contributed by atoms with E-state index in [-0.39, 0.29) is 11.2 Å². The molecule has 0 bridgehead atoms. The Labute approximate surface area is 79.6 Å². The summed E-state index contributed by atoms with van der Waals surface area (Å²) in [7, 11) is 0. The summed E-state index contributed by atoms with van der Waals surface area (Å²) < 4.78 is 0. The second-order valence-electron chi connectivity index (χ2n) is 2.86. The molecule has 1 aromatic carbocycles. The van der Waals surface area contributed by atoms with Crippen LogP contribution in [0.2, 0.25) is 0 Å². The first-order chi connectivity index (χ1) is 6.81. The molecule has 4 heteroatoms. The highest BCUT2D eigenvalue weighted by Gasteiger charge is 1.99. The second-order valence-corrected chi connectivity index (χ2v) is 2.86. The zero-order valence-corrected chi connectivity index (χ0v) is 7.28. The van der Waals surface area contributed by atoms with Crippen molar-refractivity contribution >= 4 is 23.0 Å². The van der Waals surface area contributed by atoms with Gasteiger partial charge in [-0.05, 0) is 12.1 Å². The molecule has 2 N–H and O–H groups in total. The number of carbonyl (C=O) groups excluding carboxylic acids is 1. The van der Waals surface area contributed by atoms with Crippen molar-refractivity contribution in [1.29, 1.82) is 0 Å². The van der Waals surface area contributed by atoms with Crippen LogP contribution in [0.5, 0.6) is 0 Å². The first kappa shape index (κ1) is 8.50. The minimum Gasteiger partial charge on any atom is -0.324 e. The van der Waals surface area contributed by atoms with Gasteiger partial charge in [0.25, 0.3) is 5.56 Å². The predicted molar refractivity (Wildman–Crippen MR) is 54.3 cm³/mol. The Bertz CT molecular complexity index is 531. The highest BCUT2D eigenvalue weighted by atomic mass is 16.1. The summed E-state index contributed by atoms with van der Waals surface area (Å²) in [5, 5.41) is 3.23. The van der Waals surface area contributed by atoms with E-state index in [0.29, 0.717) is 6.41 Å². The van der Waals surface area contributed by atoms with Gasteiger partial charge in [0, 0.05) is 10.9 Å². The third-order valence-corrected chi connectivity index (χ3v) is 1.97. The molecule has 0 aliphatic rings. The standard InChI is InChI=1S/C10H8N2O2/c13-6-11-9-5-7-3-1-2-4-8(7)12-10(9)14/h1-6H,(H,11,13)(H,12,14). The van der Waals surface area contributed by atoms with Gasteiger partial charge in [-0.15, -0.1) is 0 Å². The normalized spacial score (nSPS) is 10.0. The molecule has 0 spiro atoms. The maximum atomic E-state index is 11.3. The molecule has 0 radical (unpaired) electrons. The fourth-order valence-electron chi connectivity index (χ4n) is 1.32. The Hall–Kier alpha value is -2.10. The van der Waals surface area contributed by atoms with Crippen molar-refractivity contribution in [2.45, 2.75) is 0 Å². The van der Waals surface area contributed by atoms with Crippen molar-refractivity contribution in [3.63, 3.8) is 0 Å². The lowest BCUT2D eigenvalue weighted by Crippen LogP contribution is -2.12. The number of hydrogen-bond donors (Lipinski definition) is 2. The zero-order valence-electron chi connectivity index (χ0n) is 7.28. The van der Waals surface area contributed by atoms with E-state index < -0.39 is 0 Å². The average molecular weight is 188 g/mol. The van der Waals surface area contributed by atoms with Crippen molar-refractivity contribution in [2.75, 3.05) is 5.32 Å². The van der Waals surface area contributed by atoms with Crippen LogP contribution in [0.15, 0.2) is 35.1 Å². The molecule has 0 atom stereocenters. The monoisotopic (exact) mass is 188 g/mol. The number of amides is 1. The van der Waals surface area contributed by atoms with Gasteiger partial charge >= 0.3 is 0 Å². The van der Waals surface area contributed by atoms with Gasteiger partial charge in [0.1, 0.15) is 5.69 Å². The third-order valence-electron chi connectivity index (χ3n) is 1.97. The molecule has 14 heavy (non-hydrogen) atoms. The number of fused-ring (bicyclic) bond motifs is 1. The molecule has 2 aromatic rings. The number of rotatable bonds is 2. The van der Waals surface area contributed by atoms with Crippen molar-refractivity contribution in [2.24, 2.45) is 0 Å². The molecular weight excluding hydrogens is 180 g/mol. The SMILES string of the molecule is O=CNc1cc2ccccc2[nH]c1=O. The minimum atomic E-state index is -0.296. The van der Waals surface area contributed by atoms with Crippen LogP contribution in [0.25, 0.3) is 10.9 Å². The van der Waals surface area contributed by atoms with E-state index in [1.54, 1.807) is 12.1 Å². The molecular formula is C10H8N2O2. The lowest BCUT2D eigenvalue weighted by Gasteiger charge is -2.00. The number of nitrogens with one attached hydrogen (secondary N) is 2. The molecule has 0 aliphatic carbocycles. The van der Waals surface area contributed by atoms with E-state index in [1.807, 2.05) is 18.2 Å². The predicted octanol–water partition coefficient (Wildman–Crippen LogP) is 1.10. The van der Waals surface area contributed by atoms with E-state index in [4.69, 9.17) is 0 Å². The van der Waals surface area contributed by atoms with Crippen molar-refractivity contribution in [1.82, 2.24) is 4.98 Å². The maximum Gasteiger partial charge on any atom is 0.272 e. The Balaban J connectivity index is 2.70. The molecule has 0 saturated carbocycles. The van der Waals surface area contributed by atoms with Crippen LogP contribution in [0.1, 0.15) is 0 Å². The topological polar surface area (TPSA) is 62.0 Å². The van der Waals surface area contributed by atoms with Crippen LogP contribution in [-0.4, -0.2) is 11.4 Å². The van der Waals surface area contributed by atoms with Crippen molar-refractivity contribution < 1.29 is 4.79 Å². The van der Waals surface area contributed by atoms with Crippen LogP contribution < -0.4 is 10.9 Å². The van der Waals surface area contributed by atoms with Gasteiger partial charge in [-0.25, -0.2) is 0 Å². The number of carbonyl (C=O) groups is 1. The molecule has 4 nitrogen and oxygen atoms in total. The van der Waals surface area contributed by atoms with Crippen molar-refractivity contribution in [3.8, 4) is 0 Å². The lowest BCUT2D eigenvalue weighted by atomic mass is 10.2. The minimum absolute atomic E-state index is 0.263. The Kier molecular flexibility index (Phi) is 2.02. The van der Waals surface area contributed by atoms with Gasteiger partial charge in [-0.3, -0.25) is 9.59 Å². The molecule has 0 fully saturated rings. The van der Waals surface area contributed by atoms with E-state index in [0.717, 1.165) is 10.9 Å². The molecule has 1 amide bonds. The summed E-state index contributed by atoms with van der Waals surface area (Å²) in [6.45, 7) is 0. The summed E-state index contributed by atoms with van der Waals surface area (Å²) in [6, 6.07) is 9.02. The first-order valence-corrected chi connectivity index (χ1v) is 4.13. The first-order valence-electron chi connectivity index (χ1n) is 4.13. The van der Waals surface area contributed by atoms with Gasteiger partial charge in [-0.1, -0.05) is 18.2 Å². The van der Waals surface area contributed by atoms with Crippen LogP contribution in [0.3, 0.4) is 0 Å². The zero-order chi connectivity index (χ0) is 9.97. The van der Waals surface area contributed by atoms with Gasteiger partial charge in [0.05, 0.1) is 0 Å². The molecule has 0 saturated heterocycles. The number of aromatic amines is 1. The highest BCUT2D eigenvalue weighted by molar-refractivity contribution is 5.84. The Morgan fingerprint density at radius 1 is 1.29 bits per heavy atom. The largest absolute Gasteiger partial charge is 0.324 e. The Morgan fingerprint density at radius 2 is 2.07 bits per heavy atom.